The van der Waals surface area contributed by atoms with Gasteiger partial charge in [-0.15, -0.1) is 0 Å². The van der Waals surface area contributed by atoms with E-state index in [1.54, 1.807) is 25.6 Å². The molecule has 0 aliphatic carbocycles. The number of hydrogen-bond donors (Lipinski definition) is 1. The molecule has 4 heteroatoms. The van der Waals surface area contributed by atoms with Crippen molar-refractivity contribution in [2.24, 2.45) is 0 Å². The van der Waals surface area contributed by atoms with E-state index < -0.39 is 0 Å². The third-order valence-corrected chi connectivity index (χ3v) is 3.61. The van der Waals surface area contributed by atoms with Gasteiger partial charge in [0.15, 0.2) is 11.5 Å². The normalized spacial score (nSPS) is 12.2. The third-order valence-electron chi connectivity index (χ3n) is 2.91. The minimum Gasteiger partial charge on any atom is -0.493 e. The maximum Gasteiger partial charge on any atom is 0.161 e. The molecule has 96 valence electrons. The van der Waals surface area contributed by atoms with E-state index in [9.17, 15) is 0 Å². The lowest BCUT2D eigenvalue weighted by atomic mass is 10.0. The standard InChI is InChI=1S/C14H17NO2S/c1-15-14(11-6-7-18-9-11)10-4-5-12(16-2)13(8-10)17-3/h4-9,14-15H,1-3H3. The van der Waals surface area contributed by atoms with Crippen molar-refractivity contribution >= 4 is 11.3 Å². The topological polar surface area (TPSA) is 30.5 Å². The highest BCUT2D eigenvalue weighted by atomic mass is 32.1. The Labute approximate surface area is 111 Å². The zero-order valence-corrected chi connectivity index (χ0v) is 11.6. The molecule has 0 saturated heterocycles. The maximum atomic E-state index is 5.34. The number of ether oxygens (including phenoxy) is 2. The Hall–Kier alpha value is -1.52. The van der Waals surface area contributed by atoms with Crippen molar-refractivity contribution in [1.82, 2.24) is 5.32 Å². The van der Waals surface area contributed by atoms with E-state index in [2.05, 4.69) is 28.2 Å². The minimum atomic E-state index is 0.177. The highest BCUT2D eigenvalue weighted by Gasteiger charge is 2.14. The van der Waals surface area contributed by atoms with Crippen LogP contribution < -0.4 is 14.8 Å². The average Bonchev–Trinajstić information content (AvgIpc) is 2.93. The van der Waals surface area contributed by atoms with Crippen LogP contribution in [0.1, 0.15) is 17.2 Å². The molecule has 0 radical (unpaired) electrons. The second-order valence-electron chi connectivity index (χ2n) is 3.89. The molecular weight excluding hydrogens is 246 g/mol. The molecule has 0 amide bonds. The Morgan fingerprint density at radius 3 is 2.39 bits per heavy atom. The molecule has 0 aliphatic rings. The van der Waals surface area contributed by atoms with Crippen molar-refractivity contribution in [2.75, 3.05) is 21.3 Å². The molecule has 1 aromatic carbocycles. The van der Waals surface area contributed by atoms with E-state index in [0.717, 1.165) is 17.1 Å². The van der Waals surface area contributed by atoms with Gasteiger partial charge >= 0.3 is 0 Å². The predicted molar refractivity (Wildman–Crippen MR) is 74.8 cm³/mol. The number of benzene rings is 1. The van der Waals surface area contributed by atoms with Crippen molar-refractivity contribution in [3.8, 4) is 11.5 Å². The summed E-state index contributed by atoms with van der Waals surface area (Å²) in [6.45, 7) is 0. The van der Waals surface area contributed by atoms with Gasteiger partial charge in [0, 0.05) is 0 Å². The second kappa shape index (κ2) is 5.89. The maximum absolute atomic E-state index is 5.34. The fraction of sp³-hybridized carbons (Fsp3) is 0.286. The van der Waals surface area contributed by atoms with Gasteiger partial charge in [0.1, 0.15) is 0 Å². The summed E-state index contributed by atoms with van der Waals surface area (Å²) in [5.41, 5.74) is 2.42. The largest absolute Gasteiger partial charge is 0.493 e. The zero-order chi connectivity index (χ0) is 13.0. The molecule has 0 saturated carbocycles. The minimum absolute atomic E-state index is 0.177. The summed E-state index contributed by atoms with van der Waals surface area (Å²) in [5, 5.41) is 7.55. The van der Waals surface area contributed by atoms with Gasteiger partial charge in [-0.3, -0.25) is 0 Å². The number of hydrogen-bond acceptors (Lipinski definition) is 4. The van der Waals surface area contributed by atoms with Crippen LogP contribution in [0.2, 0.25) is 0 Å². The van der Waals surface area contributed by atoms with Gasteiger partial charge in [-0.2, -0.15) is 11.3 Å². The van der Waals surface area contributed by atoms with Gasteiger partial charge in [0.25, 0.3) is 0 Å². The summed E-state index contributed by atoms with van der Waals surface area (Å²) in [5.74, 6) is 1.51. The smallest absolute Gasteiger partial charge is 0.161 e. The molecule has 0 spiro atoms. The Balaban J connectivity index is 2.37. The molecule has 1 atom stereocenters. The molecule has 0 aliphatic heterocycles. The summed E-state index contributed by atoms with van der Waals surface area (Å²) in [6.07, 6.45) is 0. The Morgan fingerprint density at radius 2 is 1.83 bits per heavy atom. The van der Waals surface area contributed by atoms with Crippen LogP contribution in [-0.4, -0.2) is 21.3 Å². The first-order valence-electron chi connectivity index (χ1n) is 5.71. The number of thiophene rings is 1. The molecular formula is C14H17NO2S. The molecule has 0 fully saturated rings. The number of methoxy groups -OCH3 is 2. The molecule has 2 aromatic rings. The Kier molecular flexibility index (Phi) is 4.23. The fourth-order valence-corrected chi connectivity index (χ4v) is 2.68. The lowest BCUT2D eigenvalue weighted by molar-refractivity contribution is 0.354. The third kappa shape index (κ3) is 2.49. The van der Waals surface area contributed by atoms with E-state index in [1.807, 2.05) is 19.2 Å². The quantitative estimate of drug-likeness (QED) is 0.899. The molecule has 18 heavy (non-hydrogen) atoms. The van der Waals surface area contributed by atoms with Gasteiger partial charge < -0.3 is 14.8 Å². The van der Waals surface area contributed by atoms with E-state index in [0.29, 0.717) is 0 Å². The average molecular weight is 263 g/mol. The van der Waals surface area contributed by atoms with Crippen molar-refractivity contribution in [3.63, 3.8) is 0 Å². The van der Waals surface area contributed by atoms with E-state index >= 15 is 0 Å². The summed E-state index contributed by atoms with van der Waals surface area (Å²) in [6, 6.07) is 8.31. The van der Waals surface area contributed by atoms with E-state index in [4.69, 9.17) is 9.47 Å². The monoisotopic (exact) mass is 263 g/mol. The lowest BCUT2D eigenvalue weighted by Crippen LogP contribution is -2.17. The predicted octanol–water partition coefficient (Wildman–Crippen LogP) is 3.07. The first-order valence-corrected chi connectivity index (χ1v) is 6.65. The second-order valence-corrected chi connectivity index (χ2v) is 4.67. The van der Waals surface area contributed by atoms with Crippen LogP contribution in [0, 0.1) is 0 Å². The van der Waals surface area contributed by atoms with E-state index in [1.165, 1.54) is 5.56 Å². The van der Waals surface area contributed by atoms with Gasteiger partial charge in [-0.05, 0) is 47.1 Å². The van der Waals surface area contributed by atoms with Crippen molar-refractivity contribution in [3.05, 3.63) is 46.2 Å². The Bertz CT molecular complexity index is 497. The lowest BCUT2D eigenvalue weighted by Gasteiger charge is -2.17. The molecule has 1 heterocycles. The van der Waals surface area contributed by atoms with Crippen LogP contribution in [-0.2, 0) is 0 Å². The van der Waals surface area contributed by atoms with E-state index in [-0.39, 0.29) is 6.04 Å². The van der Waals surface area contributed by atoms with Crippen LogP contribution in [0.4, 0.5) is 0 Å². The molecule has 1 aromatic heterocycles. The van der Waals surface area contributed by atoms with Crippen molar-refractivity contribution < 1.29 is 9.47 Å². The fourth-order valence-electron chi connectivity index (χ4n) is 2.00. The van der Waals surface area contributed by atoms with Crippen LogP contribution in [0.5, 0.6) is 11.5 Å². The SMILES string of the molecule is CNC(c1ccsc1)c1ccc(OC)c(OC)c1. The van der Waals surface area contributed by atoms with Gasteiger partial charge in [-0.25, -0.2) is 0 Å². The summed E-state index contributed by atoms with van der Waals surface area (Å²) >= 11 is 1.70. The summed E-state index contributed by atoms with van der Waals surface area (Å²) < 4.78 is 10.6. The first-order chi connectivity index (χ1) is 8.80. The molecule has 1 unspecified atom stereocenters. The van der Waals surface area contributed by atoms with Crippen LogP contribution in [0.3, 0.4) is 0 Å². The molecule has 0 bridgehead atoms. The molecule has 3 nitrogen and oxygen atoms in total. The highest BCUT2D eigenvalue weighted by molar-refractivity contribution is 7.08. The highest BCUT2D eigenvalue weighted by Crippen LogP contribution is 2.32. The Morgan fingerprint density at radius 1 is 1.06 bits per heavy atom. The summed E-state index contributed by atoms with van der Waals surface area (Å²) in [7, 11) is 5.26. The van der Waals surface area contributed by atoms with Crippen molar-refractivity contribution in [1.29, 1.82) is 0 Å². The first kappa shape index (κ1) is 12.9. The zero-order valence-electron chi connectivity index (χ0n) is 10.8. The number of rotatable bonds is 5. The van der Waals surface area contributed by atoms with Crippen LogP contribution in [0.15, 0.2) is 35.0 Å². The van der Waals surface area contributed by atoms with Gasteiger partial charge in [-0.1, -0.05) is 6.07 Å². The van der Waals surface area contributed by atoms with Crippen LogP contribution >= 0.6 is 11.3 Å². The van der Waals surface area contributed by atoms with Gasteiger partial charge in [0.2, 0.25) is 0 Å². The van der Waals surface area contributed by atoms with Crippen molar-refractivity contribution in [2.45, 2.75) is 6.04 Å². The summed E-state index contributed by atoms with van der Waals surface area (Å²) in [4.78, 5) is 0. The molecule has 2 rings (SSSR count). The number of nitrogens with one attached hydrogen (secondary N) is 1. The van der Waals surface area contributed by atoms with Crippen LogP contribution in [0.25, 0.3) is 0 Å². The molecule has 1 N–H and O–H groups in total. The van der Waals surface area contributed by atoms with Gasteiger partial charge in [0.05, 0.1) is 20.3 Å².